The zero-order valence-corrected chi connectivity index (χ0v) is 19.0. The molecule has 0 N–H and O–H groups in total. The standard InChI is InChI=1S/C24H26N4O2S/c1-24(2,3)17-28(23-26-14-13-21(15-25)27-23)16-18-5-7-19(8-6-18)20-9-11-22(12-10-20)31(4,29)30/h5-14H,16-17H2,1-4H3. The second kappa shape index (κ2) is 8.86. The summed E-state index contributed by atoms with van der Waals surface area (Å²) < 4.78 is 23.3. The molecule has 2 aromatic carbocycles. The van der Waals surface area contributed by atoms with Crippen molar-refractivity contribution in [1.29, 1.82) is 5.26 Å². The molecule has 0 radical (unpaired) electrons. The van der Waals surface area contributed by atoms with E-state index in [1.165, 1.54) is 6.26 Å². The van der Waals surface area contributed by atoms with E-state index < -0.39 is 9.84 Å². The molecule has 0 bridgehead atoms. The molecule has 31 heavy (non-hydrogen) atoms. The molecule has 0 aliphatic carbocycles. The molecular weight excluding hydrogens is 408 g/mol. The van der Waals surface area contributed by atoms with Crippen molar-refractivity contribution in [3.63, 3.8) is 0 Å². The minimum atomic E-state index is -3.21. The Balaban J connectivity index is 1.83. The molecule has 0 unspecified atom stereocenters. The predicted octanol–water partition coefficient (Wildman–Crippen LogP) is 4.47. The second-order valence-electron chi connectivity index (χ2n) is 8.76. The molecule has 0 fully saturated rings. The van der Waals surface area contributed by atoms with Crippen molar-refractivity contribution < 1.29 is 8.42 Å². The van der Waals surface area contributed by atoms with Gasteiger partial charge in [-0.2, -0.15) is 5.26 Å². The molecule has 3 aromatic rings. The average molecular weight is 435 g/mol. The summed E-state index contributed by atoms with van der Waals surface area (Å²) in [7, 11) is -3.21. The second-order valence-corrected chi connectivity index (χ2v) is 10.8. The van der Waals surface area contributed by atoms with E-state index in [0.717, 1.165) is 23.2 Å². The number of anilines is 1. The van der Waals surface area contributed by atoms with Gasteiger partial charge in [0.05, 0.1) is 4.90 Å². The van der Waals surface area contributed by atoms with E-state index in [0.29, 0.717) is 23.1 Å². The Morgan fingerprint density at radius 3 is 2.06 bits per heavy atom. The number of hydrogen-bond donors (Lipinski definition) is 0. The first-order chi connectivity index (χ1) is 14.5. The van der Waals surface area contributed by atoms with Crippen LogP contribution in [0.15, 0.2) is 65.7 Å². The Kier molecular flexibility index (Phi) is 6.42. The van der Waals surface area contributed by atoms with Gasteiger partial charge in [-0.25, -0.2) is 18.4 Å². The normalized spacial score (nSPS) is 11.7. The van der Waals surface area contributed by atoms with Crippen molar-refractivity contribution in [2.75, 3.05) is 17.7 Å². The maximum atomic E-state index is 11.7. The van der Waals surface area contributed by atoms with Crippen LogP contribution in [0.25, 0.3) is 11.1 Å². The number of hydrogen-bond acceptors (Lipinski definition) is 6. The van der Waals surface area contributed by atoms with Crippen LogP contribution in [-0.2, 0) is 16.4 Å². The Morgan fingerprint density at radius 2 is 1.55 bits per heavy atom. The van der Waals surface area contributed by atoms with Crippen molar-refractivity contribution in [3.05, 3.63) is 72.1 Å². The molecule has 1 heterocycles. The van der Waals surface area contributed by atoms with Crippen molar-refractivity contribution in [2.24, 2.45) is 5.41 Å². The summed E-state index contributed by atoms with van der Waals surface area (Å²) in [5.74, 6) is 0.536. The van der Waals surface area contributed by atoms with Crippen LogP contribution in [-0.4, -0.2) is 31.2 Å². The molecule has 1 aromatic heterocycles. The first-order valence-corrected chi connectivity index (χ1v) is 11.8. The van der Waals surface area contributed by atoms with E-state index in [1.807, 2.05) is 36.4 Å². The molecular formula is C24H26N4O2S. The first kappa shape index (κ1) is 22.4. The minimum absolute atomic E-state index is 0.0211. The number of rotatable bonds is 6. The highest BCUT2D eigenvalue weighted by atomic mass is 32.2. The minimum Gasteiger partial charge on any atom is -0.336 e. The van der Waals surface area contributed by atoms with Crippen molar-refractivity contribution in [1.82, 2.24) is 9.97 Å². The Bertz CT molecular complexity index is 1190. The topological polar surface area (TPSA) is 87.0 Å². The Labute approximate surface area is 184 Å². The largest absolute Gasteiger partial charge is 0.336 e. The van der Waals surface area contributed by atoms with E-state index in [1.54, 1.807) is 24.4 Å². The van der Waals surface area contributed by atoms with Gasteiger partial charge in [0.15, 0.2) is 9.84 Å². The van der Waals surface area contributed by atoms with Gasteiger partial charge in [0, 0.05) is 25.5 Å². The Hall–Kier alpha value is -3.24. The number of nitriles is 1. The zero-order valence-electron chi connectivity index (χ0n) is 18.2. The smallest absolute Gasteiger partial charge is 0.226 e. The van der Waals surface area contributed by atoms with Crippen molar-refractivity contribution >= 4 is 15.8 Å². The highest BCUT2D eigenvalue weighted by Crippen LogP contribution is 2.24. The maximum absolute atomic E-state index is 11.7. The van der Waals surface area contributed by atoms with Gasteiger partial charge in [0.2, 0.25) is 5.95 Å². The number of sulfone groups is 1. The van der Waals surface area contributed by atoms with Crippen molar-refractivity contribution in [2.45, 2.75) is 32.2 Å². The molecule has 0 amide bonds. The van der Waals surface area contributed by atoms with E-state index in [-0.39, 0.29) is 5.41 Å². The lowest BCUT2D eigenvalue weighted by Crippen LogP contribution is -2.33. The molecule has 0 aliphatic rings. The van der Waals surface area contributed by atoms with E-state index in [9.17, 15) is 13.7 Å². The van der Waals surface area contributed by atoms with Crippen LogP contribution in [0.4, 0.5) is 5.95 Å². The van der Waals surface area contributed by atoms with Gasteiger partial charge >= 0.3 is 0 Å². The number of nitrogens with zero attached hydrogens (tertiary/aromatic N) is 4. The molecule has 3 rings (SSSR count). The number of benzene rings is 2. The van der Waals surface area contributed by atoms with Gasteiger partial charge in [-0.3, -0.25) is 0 Å². The molecule has 0 aliphatic heterocycles. The summed E-state index contributed by atoms with van der Waals surface area (Å²) >= 11 is 0. The summed E-state index contributed by atoms with van der Waals surface area (Å²) in [5, 5.41) is 9.17. The van der Waals surface area contributed by atoms with Crippen LogP contribution < -0.4 is 4.90 Å². The van der Waals surface area contributed by atoms with E-state index in [4.69, 9.17) is 0 Å². The third kappa shape index (κ3) is 6.12. The quantitative estimate of drug-likeness (QED) is 0.569. The van der Waals surface area contributed by atoms with Crippen molar-refractivity contribution in [3.8, 4) is 17.2 Å². The lowest BCUT2D eigenvalue weighted by atomic mass is 9.96. The SMILES string of the molecule is CC(C)(C)CN(Cc1ccc(-c2ccc(S(C)(=O)=O)cc2)cc1)c1nccc(C#N)n1. The lowest BCUT2D eigenvalue weighted by Gasteiger charge is -2.30. The van der Waals surface area contributed by atoms with Gasteiger partial charge in [-0.1, -0.05) is 57.2 Å². The molecule has 0 saturated heterocycles. The van der Waals surface area contributed by atoms with Crippen LogP contribution in [0.5, 0.6) is 0 Å². The molecule has 6 nitrogen and oxygen atoms in total. The van der Waals surface area contributed by atoms with Crippen LogP contribution >= 0.6 is 0 Å². The number of aromatic nitrogens is 2. The highest BCUT2D eigenvalue weighted by molar-refractivity contribution is 7.90. The highest BCUT2D eigenvalue weighted by Gasteiger charge is 2.19. The monoisotopic (exact) mass is 434 g/mol. The molecule has 0 spiro atoms. The summed E-state index contributed by atoms with van der Waals surface area (Å²) in [5.41, 5.74) is 3.42. The van der Waals surface area contributed by atoms with Gasteiger partial charge in [-0.15, -0.1) is 0 Å². The van der Waals surface area contributed by atoms with Crippen LogP contribution in [0, 0.1) is 16.7 Å². The molecule has 7 heteroatoms. The predicted molar refractivity (Wildman–Crippen MR) is 122 cm³/mol. The van der Waals surface area contributed by atoms with E-state index >= 15 is 0 Å². The zero-order chi connectivity index (χ0) is 22.6. The van der Waals surface area contributed by atoms with Crippen LogP contribution in [0.1, 0.15) is 32.0 Å². The summed E-state index contributed by atoms with van der Waals surface area (Å²) in [6, 6.07) is 18.7. The summed E-state index contributed by atoms with van der Waals surface area (Å²) in [4.78, 5) is 11.1. The van der Waals surface area contributed by atoms with Crippen LogP contribution in [0.3, 0.4) is 0 Å². The maximum Gasteiger partial charge on any atom is 0.226 e. The Morgan fingerprint density at radius 1 is 0.968 bits per heavy atom. The van der Waals surface area contributed by atoms with Gasteiger partial charge < -0.3 is 4.90 Å². The fourth-order valence-electron chi connectivity index (χ4n) is 3.25. The third-order valence-electron chi connectivity index (χ3n) is 4.65. The summed E-state index contributed by atoms with van der Waals surface area (Å²) in [6.07, 6.45) is 2.82. The third-order valence-corrected chi connectivity index (χ3v) is 5.78. The summed E-state index contributed by atoms with van der Waals surface area (Å²) in [6.45, 7) is 7.79. The van der Waals surface area contributed by atoms with Gasteiger partial charge in [0.25, 0.3) is 0 Å². The fourth-order valence-corrected chi connectivity index (χ4v) is 3.88. The average Bonchev–Trinajstić information content (AvgIpc) is 2.72. The van der Waals surface area contributed by atoms with E-state index in [2.05, 4.69) is 41.7 Å². The molecule has 0 atom stereocenters. The molecule has 160 valence electrons. The first-order valence-electron chi connectivity index (χ1n) is 9.93. The lowest BCUT2D eigenvalue weighted by molar-refractivity contribution is 0.406. The fraction of sp³-hybridized carbons (Fsp3) is 0.292. The molecule has 0 saturated carbocycles. The van der Waals surface area contributed by atoms with Gasteiger partial charge in [0.1, 0.15) is 11.8 Å². The van der Waals surface area contributed by atoms with Crippen LogP contribution in [0.2, 0.25) is 0 Å². The van der Waals surface area contributed by atoms with Gasteiger partial charge in [-0.05, 0) is 40.3 Å².